The van der Waals surface area contributed by atoms with Crippen LogP contribution < -0.4 is 17.7 Å². The smallest absolute Gasteiger partial charge is 0.247 e. The van der Waals surface area contributed by atoms with E-state index in [1.165, 1.54) is 11.6 Å². The number of hydrogen-bond acceptors (Lipinski definition) is 1. The lowest BCUT2D eigenvalue weighted by atomic mass is 10.1. The molecule has 0 aliphatic heterocycles. The standard InChI is InChI=1S/C15H22N2O.ClH/c1-5-14(16-15(18)6-2)17(3,4)12-13-10-8-7-9-11-13;/h6-11,14H,2,5,12H2,1,3-4H3;1H. The van der Waals surface area contributed by atoms with Crippen molar-refractivity contribution in [3.8, 4) is 0 Å². The molecule has 4 heteroatoms. The molecule has 1 aromatic carbocycles. The van der Waals surface area contributed by atoms with Crippen LogP contribution in [0.1, 0.15) is 18.9 Å². The van der Waals surface area contributed by atoms with E-state index in [9.17, 15) is 4.79 Å². The minimum Gasteiger partial charge on any atom is -1.00 e. The highest BCUT2D eigenvalue weighted by Crippen LogP contribution is 2.14. The van der Waals surface area contributed by atoms with E-state index in [2.05, 4.69) is 45.0 Å². The highest BCUT2D eigenvalue weighted by atomic mass is 35.5. The molecule has 0 radical (unpaired) electrons. The average Bonchev–Trinajstić information content (AvgIpc) is 2.36. The Morgan fingerprint density at radius 1 is 1.37 bits per heavy atom. The van der Waals surface area contributed by atoms with Crippen molar-refractivity contribution in [1.82, 2.24) is 5.32 Å². The van der Waals surface area contributed by atoms with E-state index in [0.717, 1.165) is 17.4 Å². The average molecular weight is 283 g/mol. The number of amides is 1. The third-order valence-electron chi connectivity index (χ3n) is 3.16. The Labute approximate surface area is 122 Å². The quantitative estimate of drug-likeness (QED) is 0.418. The summed E-state index contributed by atoms with van der Waals surface area (Å²) in [6, 6.07) is 10.3. The first-order chi connectivity index (χ1) is 8.49. The molecule has 1 amide bonds. The molecule has 3 nitrogen and oxygen atoms in total. The molecular weight excluding hydrogens is 260 g/mol. The number of benzene rings is 1. The molecule has 106 valence electrons. The summed E-state index contributed by atoms with van der Waals surface area (Å²) in [7, 11) is 4.26. The molecule has 0 saturated heterocycles. The second-order valence-corrected chi connectivity index (χ2v) is 5.06. The predicted octanol–water partition coefficient (Wildman–Crippen LogP) is -0.695. The van der Waals surface area contributed by atoms with Gasteiger partial charge in [-0.3, -0.25) is 4.79 Å². The van der Waals surface area contributed by atoms with Crippen LogP contribution in [-0.4, -0.2) is 30.7 Å². The molecule has 0 fully saturated rings. The van der Waals surface area contributed by atoms with Crippen molar-refractivity contribution in [1.29, 1.82) is 0 Å². The lowest BCUT2D eigenvalue weighted by molar-refractivity contribution is -0.930. The van der Waals surface area contributed by atoms with Gasteiger partial charge in [0, 0.05) is 12.0 Å². The van der Waals surface area contributed by atoms with E-state index in [1.807, 2.05) is 18.2 Å². The van der Waals surface area contributed by atoms with Gasteiger partial charge in [-0.15, -0.1) is 0 Å². The van der Waals surface area contributed by atoms with Crippen LogP contribution in [0.2, 0.25) is 0 Å². The molecule has 1 unspecified atom stereocenters. The molecule has 0 heterocycles. The SMILES string of the molecule is C=CC(=O)NC(CC)[N+](C)(C)Cc1ccccc1.[Cl-]. The van der Waals surface area contributed by atoms with Gasteiger partial charge < -0.3 is 22.2 Å². The molecule has 0 aliphatic carbocycles. The summed E-state index contributed by atoms with van der Waals surface area (Å²) in [5.41, 5.74) is 1.27. The van der Waals surface area contributed by atoms with Crippen molar-refractivity contribution in [3.05, 3.63) is 48.6 Å². The minimum atomic E-state index is -0.110. The molecule has 0 saturated carbocycles. The van der Waals surface area contributed by atoms with Crippen molar-refractivity contribution in [2.75, 3.05) is 14.1 Å². The van der Waals surface area contributed by atoms with Crippen molar-refractivity contribution in [2.24, 2.45) is 0 Å². The van der Waals surface area contributed by atoms with Gasteiger partial charge in [0.25, 0.3) is 0 Å². The fourth-order valence-electron chi connectivity index (χ4n) is 2.16. The van der Waals surface area contributed by atoms with Gasteiger partial charge in [-0.2, -0.15) is 0 Å². The fraction of sp³-hybridized carbons (Fsp3) is 0.400. The Hall–Kier alpha value is -1.32. The van der Waals surface area contributed by atoms with Gasteiger partial charge in [0.05, 0.1) is 14.1 Å². The van der Waals surface area contributed by atoms with E-state index in [4.69, 9.17) is 0 Å². The molecule has 1 aromatic rings. The first-order valence-electron chi connectivity index (χ1n) is 6.29. The summed E-state index contributed by atoms with van der Waals surface area (Å²) >= 11 is 0. The van der Waals surface area contributed by atoms with Gasteiger partial charge in [-0.1, -0.05) is 43.8 Å². The number of nitrogens with zero attached hydrogens (tertiary/aromatic N) is 1. The molecule has 0 aliphatic rings. The third kappa shape index (κ3) is 5.45. The van der Waals surface area contributed by atoms with Gasteiger partial charge in [-0.05, 0) is 6.08 Å². The summed E-state index contributed by atoms with van der Waals surface area (Å²) in [5.74, 6) is -0.110. The maximum absolute atomic E-state index is 11.4. The molecule has 0 spiro atoms. The van der Waals surface area contributed by atoms with E-state index >= 15 is 0 Å². The summed E-state index contributed by atoms with van der Waals surface area (Å²) in [6.07, 6.45) is 2.31. The van der Waals surface area contributed by atoms with Gasteiger partial charge >= 0.3 is 0 Å². The van der Waals surface area contributed by atoms with Crippen LogP contribution >= 0.6 is 0 Å². The summed E-state index contributed by atoms with van der Waals surface area (Å²) in [4.78, 5) is 11.4. The lowest BCUT2D eigenvalue weighted by Crippen LogP contribution is -3.00. The van der Waals surface area contributed by atoms with Crippen LogP contribution in [0.3, 0.4) is 0 Å². The second kappa shape index (κ2) is 7.97. The first kappa shape index (κ1) is 17.7. The predicted molar refractivity (Wildman–Crippen MR) is 74.7 cm³/mol. The van der Waals surface area contributed by atoms with E-state index in [-0.39, 0.29) is 24.5 Å². The van der Waals surface area contributed by atoms with Gasteiger partial charge in [0.1, 0.15) is 6.54 Å². The Bertz CT molecular complexity index is 404. The Balaban J connectivity index is 0.00000324. The van der Waals surface area contributed by atoms with Crippen LogP contribution in [0.5, 0.6) is 0 Å². The third-order valence-corrected chi connectivity index (χ3v) is 3.16. The molecule has 19 heavy (non-hydrogen) atoms. The highest BCUT2D eigenvalue weighted by Gasteiger charge is 2.27. The van der Waals surface area contributed by atoms with E-state index in [0.29, 0.717) is 0 Å². The number of carbonyl (C=O) groups is 1. The number of hydrogen-bond donors (Lipinski definition) is 1. The van der Waals surface area contributed by atoms with Crippen molar-refractivity contribution < 1.29 is 21.7 Å². The zero-order chi connectivity index (χ0) is 13.6. The van der Waals surface area contributed by atoms with Crippen molar-refractivity contribution in [3.63, 3.8) is 0 Å². The van der Waals surface area contributed by atoms with Gasteiger partial charge in [-0.25, -0.2) is 0 Å². The van der Waals surface area contributed by atoms with E-state index < -0.39 is 0 Å². The molecular formula is C15H23ClN2O. The van der Waals surface area contributed by atoms with Crippen molar-refractivity contribution in [2.45, 2.75) is 26.1 Å². The topological polar surface area (TPSA) is 29.1 Å². The summed E-state index contributed by atoms with van der Waals surface area (Å²) < 4.78 is 0.722. The molecule has 1 N–H and O–H groups in total. The van der Waals surface area contributed by atoms with E-state index in [1.54, 1.807) is 0 Å². The molecule has 1 atom stereocenters. The molecule has 0 bridgehead atoms. The zero-order valence-electron chi connectivity index (χ0n) is 11.9. The first-order valence-corrected chi connectivity index (χ1v) is 6.29. The normalized spacial score (nSPS) is 12.2. The Morgan fingerprint density at radius 2 is 1.95 bits per heavy atom. The van der Waals surface area contributed by atoms with Gasteiger partial charge in [0.15, 0.2) is 6.17 Å². The highest BCUT2D eigenvalue weighted by molar-refractivity contribution is 5.86. The maximum Gasteiger partial charge on any atom is 0.247 e. The second-order valence-electron chi connectivity index (χ2n) is 5.06. The van der Waals surface area contributed by atoms with Crippen LogP contribution in [-0.2, 0) is 11.3 Å². The van der Waals surface area contributed by atoms with Crippen LogP contribution in [0.4, 0.5) is 0 Å². The number of nitrogens with one attached hydrogen (secondary N) is 1. The maximum atomic E-state index is 11.4. The number of halogens is 1. The Kier molecular flexibility index (Phi) is 7.42. The van der Waals surface area contributed by atoms with Crippen molar-refractivity contribution >= 4 is 5.91 Å². The monoisotopic (exact) mass is 282 g/mol. The molecule has 1 rings (SSSR count). The summed E-state index contributed by atoms with van der Waals surface area (Å²) in [5, 5.41) is 2.99. The fourth-order valence-corrected chi connectivity index (χ4v) is 2.16. The Morgan fingerprint density at radius 3 is 2.42 bits per heavy atom. The zero-order valence-corrected chi connectivity index (χ0v) is 12.7. The van der Waals surface area contributed by atoms with Crippen LogP contribution in [0.15, 0.2) is 43.0 Å². The molecule has 0 aromatic heterocycles. The number of quaternary nitrogens is 1. The summed E-state index contributed by atoms with van der Waals surface area (Å²) in [6.45, 7) is 6.46. The minimum absolute atomic E-state index is 0. The number of carbonyl (C=O) groups excluding carboxylic acids is 1. The van der Waals surface area contributed by atoms with Crippen LogP contribution in [0, 0.1) is 0 Å². The largest absolute Gasteiger partial charge is 1.00 e. The number of rotatable bonds is 6. The lowest BCUT2D eigenvalue weighted by Gasteiger charge is -2.37. The van der Waals surface area contributed by atoms with Gasteiger partial charge in [0.2, 0.25) is 5.91 Å². The van der Waals surface area contributed by atoms with Crippen LogP contribution in [0.25, 0.3) is 0 Å².